The highest BCUT2D eigenvalue weighted by Crippen LogP contribution is 2.45. The van der Waals surface area contributed by atoms with Crippen LogP contribution in [0.4, 0.5) is 0 Å². The van der Waals surface area contributed by atoms with Gasteiger partial charge in [0.2, 0.25) is 0 Å². The van der Waals surface area contributed by atoms with Crippen molar-refractivity contribution >= 4 is 76.4 Å². The summed E-state index contributed by atoms with van der Waals surface area (Å²) in [4.78, 5) is 0. The number of hydrogen-bond acceptors (Lipinski definition) is 2. The Labute approximate surface area is 376 Å². The Balaban J connectivity index is 0.937. The van der Waals surface area contributed by atoms with E-state index in [0.29, 0.717) is 0 Å². The molecular weight excluding hydrogens is 814 g/mol. The van der Waals surface area contributed by atoms with Gasteiger partial charge in [0.15, 0.2) is 7.14 Å². The first-order chi connectivity index (χ1) is 31.6. The second kappa shape index (κ2) is 15.7. The van der Waals surface area contributed by atoms with Crippen molar-refractivity contribution in [3.05, 3.63) is 243 Å². The number of aromatic nitrogens is 1. The Morgan fingerprint density at radius 1 is 0.297 bits per heavy atom. The molecule has 10 aromatic carbocycles. The van der Waals surface area contributed by atoms with E-state index in [-0.39, 0.29) is 0 Å². The summed E-state index contributed by atoms with van der Waals surface area (Å²) in [5, 5.41) is 7.43. The van der Waals surface area contributed by atoms with Gasteiger partial charge < -0.3 is 9.13 Å². The third-order valence-electron chi connectivity index (χ3n) is 12.7. The molecule has 2 heterocycles. The summed E-state index contributed by atoms with van der Waals surface area (Å²) in [6, 6.07) is 85.6. The number of nitrogens with zero attached hydrogens (tertiary/aromatic N) is 1. The van der Waals surface area contributed by atoms with Gasteiger partial charge in [-0.05, 0) is 117 Å². The molecule has 0 saturated heterocycles. The standard InChI is InChI=1S/C60H40NOPS/c62-63(50-21-11-4-12-22-50,52-36-47(41-15-5-1-6-16-41)35-48(37-52)42-17-7-2-8-18-42)51-30-25-43(26-31-51)44-28-33-59-55(39-44)56-40-46(29-34-60(56)64-59)45-27-32-58-54(38-45)53-23-13-14-24-57(53)61(58)49-19-9-3-10-20-49/h1-40H. The second-order valence-corrected chi connectivity index (χ2v) is 20.3. The van der Waals surface area contributed by atoms with Crippen molar-refractivity contribution in [1.82, 2.24) is 4.57 Å². The largest absolute Gasteiger partial charge is 0.309 e. The summed E-state index contributed by atoms with van der Waals surface area (Å²) in [7, 11) is -3.32. The van der Waals surface area contributed by atoms with Crippen LogP contribution in [0.5, 0.6) is 0 Å². The highest BCUT2D eigenvalue weighted by molar-refractivity contribution is 7.85. The van der Waals surface area contributed by atoms with E-state index in [0.717, 1.165) is 55.0 Å². The predicted molar refractivity (Wildman–Crippen MR) is 275 cm³/mol. The smallest absolute Gasteiger partial charge is 0.171 e. The van der Waals surface area contributed by atoms with Gasteiger partial charge in [-0.3, -0.25) is 0 Å². The van der Waals surface area contributed by atoms with E-state index in [1.54, 1.807) is 0 Å². The zero-order chi connectivity index (χ0) is 42.6. The van der Waals surface area contributed by atoms with Gasteiger partial charge in [0.05, 0.1) is 11.0 Å². The summed E-state index contributed by atoms with van der Waals surface area (Å²) in [6.45, 7) is 0. The lowest BCUT2D eigenvalue weighted by molar-refractivity contribution is 0.592. The van der Waals surface area contributed by atoms with Crippen LogP contribution in [0.15, 0.2) is 243 Å². The molecule has 0 radical (unpaired) electrons. The predicted octanol–water partition coefficient (Wildman–Crippen LogP) is 15.5. The maximum absolute atomic E-state index is 16.1. The first kappa shape index (κ1) is 38.2. The molecule has 12 aromatic rings. The minimum atomic E-state index is -3.32. The molecule has 302 valence electrons. The van der Waals surface area contributed by atoms with Crippen LogP contribution in [0.1, 0.15) is 0 Å². The topological polar surface area (TPSA) is 22.0 Å². The Bertz CT molecular complexity index is 3670. The highest BCUT2D eigenvalue weighted by Gasteiger charge is 2.31. The summed E-state index contributed by atoms with van der Waals surface area (Å²) < 4.78 is 21.0. The molecule has 0 aliphatic heterocycles. The van der Waals surface area contributed by atoms with Crippen LogP contribution in [0.2, 0.25) is 0 Å². The highest BCUT2D eigenvalue weighted by atomic mass is 32.1. The van der Waals surface area contributed by atoms with Gasteiger partial charge in [-0.1, -0.05) is 170 Å². The van der Waals surface area contributed by atoms with Gasteiger partial charge in [-0.2, -0.15) is 0 Å². The van der Waals surface area contributed by atoms with E-state index in [4.69, 9.17) is 0 Å². The van der Waals surface area contributed by atoms with Crippen LogP contribution in [0, 0.1) is 0 Å². The van der Waals surface area contributed by atoms with E-state index in [1.165, 1.54) is 53.1 Å². The van der Waals surface area contributed by atoms with Crippen molar-refractivity contribution in [3.8, 4) is 50.2 Å². The van der Waals surface area contributed by atoms with Crippen molar-refractivity contribution in [2.75, 3.05) is 0 Å². The summed E-state index contributed by atoms with van der Waals surface area (Å²) in [5.41, 5.74) is 12.4. The molecular formula is C60H40NOPS. The molecule has 12 rings (SSSR count). The molecule has 2 nitrogen and oxygen atoms in total. The van der Waals surface area contributed by atoms with E-state index in [2.05, 4.69) is 205 Å². The Morgan fingerprint density at radius 3 is 1.34 bits per heavy atom. The van der Waals surface area contributed by atoms with Crippen molar-refractivity contribution in [2.45, 2.75) is 0 Å². The van der Waals surface area contributed by atoms with E-state index < -0.39 is 7.14 Å². The minimum absolute atomic E-state index is 0.808. The van der Waals surface area contributed by atoms with Crippen molar-refractivity contribution < 1.29 is 4.57 Å². The third kappa shape index (κ3) is 6.52. The Morgan fingerprint density at radius 2 is 0.734 bits per heavy atom. The molecule has 0 bridgehead atoms. The summed E-state index contributed by atoms with van der Waals surface area (Å²) in [6.07, 6.45) is 0. The normalized spacial score (nSPS) is 12.6. The van der Waals surface area contributed by atoms with Gasteiger partial charge >= 0.3 is 0 Å². The van der Waals surface area contributed by atoms with Gasteiger partial charge in [-0.25, -0.2) is 0 Å². The van der Waals surface area contributed by atoms with Crippen LogP contribution in [0.25, 0.3) is 92.2 Å². The zero-order valence-corrected chi connectivity index (χ0v) is 36.5. The average Bonchev–Trinajstić information content (AvgIpc) is 3.91. The lowest BCUT2D eigenvalue weighted by Crippen LogP contribution is -2.25. The molecule has 0 aliphatic rings. The molecule has 0 N–H and O–H groups in total. The fourth-order valence-electron chi connectivity index (χ4n) is 9.48. The summed E-state index contributed by atoms with van der Waals surface area (Å²) in [5.74, 6) is 0. The average molecular weight is 854 g/mol. The van der Waals surface area contributed by atoms with Gasteiger partial charge in [0, 0.05) is 52.5 Å². The molecule has 64 heavy (non-hydrogen) atoms. The van der Waals surface area contributed by atoms with Gasteiger partial charge in [-0.15, -0.1) is 11.3 Å². The Hall–Kier alpha value is -7.55. The molecule has 1 unspecified atom stereocenters. The molecule has 1 atom stereocenters. The van der Waals surface area contributed by atoms with E-state index >= 15 is 4.57 Å². The fourth-order valence-corrected chi connectivity index (χ4v) is 13.2. The van der Waals surface area contributed by atoms with Crippen molar-refractivity contribution in [1.29, 1.82) is 0 Å². The lowest BCUT2D eigenvalue weighted by atomic mass is 9.99. The molecule has 0 saturated carbocycles. The van der Waals surface area contributed by atoms with E-state index in [9.17, 15) is 0 Å². The first-order valence-corrected chi connectivity index (χ1v) is 24.2. The zero-order valence-electron chi connectivity index (χ0n) is 34.8. The molecule has 0 spiro atoms. The van der Waals surface area contributed by atoms with Crippen LogP contribution >= 0.6 is 18.5 Å². The number of hydrogen-bond donors (Lipinski definition) is 0. The number of rotatable bonds is 8. The number of fused-ring (bicyclic) bond motifs is 6. The van der Waals surface area contributed by atoms with Crippen molar-refractivity contribution in [2.24, 2.45) is 0 Å². The molecule has 0 amide bonds. The maximum atomic E-state index is 16.1. The minimum Gasteiger partial charge on any atom is -0.309 e. The molecule has 0 aliphatic carbocycles. The van der Waals surface area contributed by atoms with E-state index in [1.807, 2.05) is 53.8 Å². The van der Waals surface area contributed by atoms with Crippen LogP contribution < -0.4 is 15.9 Å². The number of benzene rings is 10. The monoisotopic (exact) mass is 853 g/mol. The van der Waals surface area contributed by atoms with Crippen LogP contribution in [0.3, 0.4) is 0 Å². The lowest BCUT2D eigenvalue weighted by Gasteiger charge is -2.22. The maximum Gasteiger partial charge on any atom is 0.171 e. The SMILES string of the molecule is O=P(c1ccccc1)(c1ccc(-c2ccc3sc4ccc(-c5ccc6c(c5)c5ccccc5n6-c5ccccc5)cc4c3c2)cc1)c1cc(-c2ccccc2)cc(-c2ccccc2)c1. The summed E-state index contributed by atoms with van der Waals surface area (Å²) >= 11 is 1.83. The molecule has 2 aromatic heterocycles. The third-order valence-corrected chi connectivity index (χ3v) is 16.9. The molecule has 0 fully saturated rings. The van der Waals surface area contributed by atoms with Crippen LogP contribution in [-0.4, -0.2) is 4.57 Å². The second-order valence-electron chi connectivity index (χ2n) is 16.4. The first-order valence-electron chi connectivity index (χ1n) is 21.7. The Kier molecular flexibility index (Phi) is 9.34. The quantitative estimate of drug-likeness (QED) is 0.140. The van der Waals surface area contributed by atoms with Gasteiger partial charge in [0.1, 0.15) is 0 Å². The van der Waals surface area contributed by atoms with Gasteiger partial charge in [0.25, 0.3) is 0 Å². The number of para-hydroxylation sites is 2. The number of thiophene rings is 1. The van der Waals surface area contributed by atoms with Crippen LogP contribution in [-0.2, 0) is 4.57 Å². The fraction of sp³-hybridized carbons (Fsp3) is 0. The van der Waals surface area contributed by atoms with Crippen molar-refractivity contribution in [3.63, 3.8) is 0 Å². The molecule has 4 heteroatoms.